The molecule has 86 valence electrons. The molecule has 1 aromatic rings. The minimum absolute atomic E-state index is 0.167. The number of rotatable bonds is 3. The van der Waals surface area contributed by atoms with Crippen molar-refractivity contribution < 1.29 is 0 Å². The molecule has 0 fully saturated rings. The Balaban J connectivity index is 2.54. The summed E-state index contributed by atoms with van der Waals surface area (Å²) < 4.78 is 0. The van der Waals surface area contributed by atoms with E-state index in [4.69, 9.17) is 18.0 Å². The predicted molar refractivity (Wildman–Crippen MR) is 76.6 cm³/mol. The van der Waals surface area contributed by atoms with Gasteiger partial charge in [0.2, 0.25) is 0 Å². The largest absolute Gasteiger partial charge is 0.376 e. The second kappa shape index (κ2) is 6.40. The number of nitrogens with two attached hydrogens (primary N) is 1. The van der Waals surface area contributed by atoms with E-state index in [0.29, 0.717) is 5.11 Å². The average Bonchev–Trinajstić information content (AvgIpc) is 2.20. The molecule has 0 aliphatic rings. The van der Waals surface area contributed by atoms with Crippen molar-refractivity contribution in [1.82, 2.24) is 5.32 Å². The lowest BCUT2D eigenvalue weighted by atomic mass is 10.1. The molecule has 0 heterocycles. The van der Waals surface area contributed by atoms with E-state index in [-0.39, 0.29) is 5.11 Å². The molecule has 0 spiro atoms. The number of aryl methyl sites for hydroxylation is 1. The van der Waals surface area contributed by atoms with Crippen molar-refractivity contribution in [2.45, 2.75) is 19.8 Å². The topological polar surface area (TPSA) is 50.1 Å². The Hall–Kier alpha value is -1.20. The normalized spacial score (nSPS) is 9.56. The van der Waals surface area contributed by atoms with Crippen molar-refractivity contribution in [3.05, 3.63) is 29.8 Å². The van der Waals surface area contributed by atoms with Gasteiger partial charge in [-0.3, -0.25) is 0 Å². The quantitative estimate of drug-likeness (QED) is 0.721. The van der Waals surface area contributed by atoms with Gasteiger partial charge in [-0.05, 0) is 48.6 Å². The molecule has 0 atom stereocenters. The molecular formula is C11H15N3S2. The van der Waals surface area contributed by atoms with Crippen LogP contribution in [-0.4, -0.2) is 10.2 Å². The zero-order valence-corrected chi connectivity index (χ0v) is 10.8. The fourth-order valence-electron chi connectivity index (χ4n) is 1.32. The molecule has 0 aromatic heterocycles. The maximum Gasteiger partial charge on any atom is 0.177 e. The van der Waals surface area contributed by atoms with Crippen LogP contribution >= 0.6 is 24.4 Å². The predicted octanol–water partition coefficient (Wildman–Crippen LogP) is 2.17. The third-order valence-corrected chi connectivity index (χ3v) is 2.29. The third-order valence-electron chi connectivity index (χ3n) is 1.99. The maximum atomic E-state index is 5.30. The molecule has 0 bridgehead atoms. The molecule has 0 unspecified atom stereocenters. The van der Waals surface area contributed by atoms with Gasteiger partial charge in [0.15, 0.2) is 10.2 Å². The zero-order chi connectivity index (χ0) is 12.0. The monoisotopic (exact) mass is 253 g/mol. The summed E-state index contributed by atoms with van der Waals surface area (Å²) in [6.07, 6.45) is 2.24. The molecule has 0 aliphatic carbocycles. The number of nitrogens with one attached hydrogen (secondary N) is 2. The van der Waals surface area contributed by atoms with Crippen LogP contribution < -0.4 is 16.4 Å². The van der Waals surface area contributed by atoms with Crippen molar-refractivity contribution in [3.8, 4) is 0 Å². The van der Waals surface area contributed by atoms with Crippen LogP contribution in [0.25, 0.3) is 0 Å². The Bertz CT molecular complexity index is 373. The molecule has 16 heavy (non-hydrogen) atoms. The summed E-state index contributed by atoms with van der Waals surface area (Å²) >= 11 is 9.69. The van der Waals surface area contributed by atoms with Gasteiger partial charge >= 0.3 is 0 Å². The number of anilines is 1. The van der Waals surface area contributed by atoms with E-state index in [1.54, 1.807) is 0 Å². The van der Waals surface area contributed by atoms with Crippen molar-refractivity contribution >= 4 is 40.3 Å². The average molecular weight is 253 g/mol. The Labute approximate surface area is 106 Å². The molecule has 0 saturated carbocycles. The Morgan fingerprint density at radius 2 is 1.88 bits per heavy atom. The lowest BCUT2D eigenvalue weighted by Crippen LogP contribution is -2.37. The van der Waals surface area contributed by atoms with Crippen molar-refractivity contribution in [1.29, 1.82) is 0 Å². The fraction of sp³-hybridized carbons (Fsp3) is 0.273. The lowest BCUT2D eigenvalue weighted by molar-refractivity contribution is 0.922. The van der Waals surface area contributed by atoms with Gasteiger partial charge in [0.1, 0.15) is 0 Å². The van der Waals surface area contributed by atoms with E-state index >= 15 is 0 Å². The third kappa shape index (κ3) is 4.55. The van der Waals surface area contributed by atoms with Gasteiger partial charge in [-0.2, -0.15) is 0 Å². The van der Waals surface area contributed by atoms with E-state index in [2.05, 4.69) is 41.9 Å². The van der Waals surface area contributed by atoms with Gasteiger partial charge in [0.05, 0.1) is 0 Å². The molecule has 1 aromatic carbocycles. The molecular weight excluding hydrogens is 238 g/mol. The molecule has 3 nitrogen and oxygen atoms in total. The Morgan fingerprint density at radius 3 is 2.38 bits per heavy atom. The number of hydrogen-bond acceptors (Lipinski definition) is 2. The van der Waals surface area contributed by atoms with Crippen molar-refractivity contribution in [2.75, 3.05) is 5.32 Å². The van der Waals surface area contributed by atoms with Gasteiger partial charge < -0.3 is 16.4 Å². The van der Waals surface area contributed by atoms with Crippen LogP contribution in [0.4, 0.5) is 5.69 Å². The minimum Gasteiger partial charge on any atom is -0.376 e. The van der Waals surface area contributed by atoms with Gasteiger partial charge in [-0.1, -0.05) is 25.5 Å². The first-order valence-electron chi connectivity index (χ1n) is 5.08. The minimum atomic E-state index is 0.167. The Kier molecular flexibility index (Phi) is 5.14. The van der Waals surface area contributed by atoms with E-state index in [1.165, 1.54) is 5.56 Å². The molecule has 0 saturated heterocycles. The van der Waals surface area contributed by atoms with Crippen LogP contribution in [0.2, 0.25) is 0 Å². The van der Waals surface area contributed by atoms with Crippen LogP contribution in [0.1, 0.15) is 18.9 Å². The molecule has 0 radical (unpaired) electrons. The van der Waals surface area contributed by atoms with Crippen LogP contribution in [-0.2, 0) is 6.42 Å². The maximum absolute atomic E-state index is 5.30. The number of benzene rings is 1. The summed E-state index contributed by atoms with van der Waals surface area (Å²) in [6, 6.07) is 8.13. The molecule has 5 heteroatoms. The smallest absolute Gasteiger partial charge is 0.177 e. The van der Waals surface area contributed by atoms with Gasteiger partial charge in [0, 0.05) is 5.69 Å². The first-order chi connectivity index (χ1) is 7.61. The molecule has 1 rings (SSSR count). The summed E-state index contributed by atoms with van der Waals surface area (Å²) in [4.78, 5) is 0. The van der Waals surface area contributed by atoms with Crippen LogP contribution in [0.15, 0.2) is 24.3 Å². The van der Waals surface area contributed by atoms with Crippen molar-refractivity contribution in [3.63, 3.8) is 0 Å². The van der Waals surface area contributed by atoms with E-state index in [0.717, 1.165) is 18.5 Å². The van der Waals surface area contributed by atoms with E-state index < -0.39 is 0 Å². The number of thiocarbonyl (C=S) groups is 2. The lowest BCUT2D eigenvalue weighted by Gasteiger charge is -2.09. The summed E-state index contributed by atoms with van der Waals surface area (Å²) in [5.74, 6) is 0. The van der Waals surface area contributed by atoms with Crippen molar-refractivity contribution in [2.24, 2.45) is 5.73 Å². The highest BCUT2D eigenvalue weighted by Gasteiger charge is 1.98. The molecule has 0 aliphatic heterocycles. The highest BCUT2D eigenvalue weighted by atomic mass is 32.1. The highest BCUT2D eigenvalue weighted by molar-refractivity contribution is 7.82. The van der Waals surface area contributed by atoms with Gasteiger partial charge in [-0.25, -0.2) is 0 Å². The van der Waals surface area contributed by atoms with Gasteiger partial charge in [-0.15, -0.1) is 0 Å². The van der Waals surface area contributed by atoms with Crippen LogP contribution in [0.5, 0.6) is 0 Å². The second-order valence-electron chi connectivity index (χ2n) is 3.39. The summed E-state index contributed by atoms with van der Waals surface area (Å²) in [5.41, 5.74) is 7.55. The first-order valence-corrected chi connectivity index (χ1v) is 5.90. The van der Waals surface area contributed by atoms with Crippen LogP contribution in [0, 0.1) is 0 Å². The highest BCUT2D eigenvalue weighted by Crippen LogP contribution is 2.10. The van der Waals surface area contributed by atoms with E-state index in [9.17, 15) is 0 Å². The van der Waals surface area contributed by atoms with Crippen LogP contribution in [0.3, 0.4) is 0 Å². The summed E-state index contributed by atoms with van der Waals surface area (Å²) in [5, 5.41) is 6.24. The standard InChI is InChI=1S/C11H15N3S2/c1-2-3-8-4-6-9(7-5-8)13-11(16)14-10(12)15/h4-7H,2-3H2,1H3,(H4,12,13,14,15,16). The second-order valence-corrected chi connectivity index (χ2v) is 4.24. The molecule has 4 N–H and O–H groups in total. The summed E-state index contributed by atoms with van der Waals surface area (Å²) in [6.45, 7) is 2.16. The van der Waals surface area contributed by atoms with Gasteiger partial charge in [0.25, 0.3) is 0 Å². The first kappa shape index (κ1) is 12.9. The fourth-order valence-corrected chi connectivity index (χ4v) is 1.71. The number of hydrogen-bond donors (Lipinski definition) is 3. The summed E-state index contributed by atoms with van der Waals surface area (Å²) in [7, 11) is 0. The Morgan fingerprint density at radius 1 is 1.25 bits per heavy atom. The SMILES string of the molecule is CCCc1ccc(NC(=S)NC(N)=S)cc1. The molecule has 0 amide bonds. The zero-order valence-electron chi connectivity index (χ0n) is 9.12. The van der Waals surface area contributed by atoms with E-state index in [1.807, 2.05) is 12.1 Å².